The van der Waals surface area contributed by atoms with Crippen molar-refractivity contribution in [2.24, 2.45) is 0 Å². The lowest BCUT2D eigenvalue weighted by Gasteiger charge is -2.30. The number of fused-ring (bicyclic) bond motifs is 1. The van der Waals surface area contributed by atoms with E-state index in [1.54, 1.807) is 6.07 Å². The second-order valence-corrected chi connectivity index (χ2v) is 5.26. The summed E-state index contributed by atoms with van der Waals surface area (Å²) in [7, 11) is 0. The Labute approximate surface area is 117 Å². The van der Waals surface area contributed by atoms with Gasteiger partial charge in [0.25, 0.3) is 0 Å². The fourth-order valence-corrected chi connectivity index (χ4v) is 2.73. The largest absolute Gasteiger partial charge is 0.478 e. The summed E-state index contributed by atoms with van der Waals surface area (Å²) in [4.78, 5) is 13.1. The van der Waals surface area contributed by atoms with E-state index in [1.165, 1.54) is 23.1 Å². The summed E-state index contributed by atoms with van der Waals surface area (Å²) in [5.74, 6) is -0.259. The average molecular weight is 271 g/mol. The van der Waals surface area contributed by atoms with Crippen LogP contribution in [0.1, 0.15) is 33.7 Å². The van der Waals surface area contributed by atoms with Crippen molar-refractivity contribution in [1.82, 2.24) is 0 Å². The third-order valence-corrected chi connectivity index (χ3v) is 3.70. The van der Waals surface area contributed by atoms with Crippen LogP contribution in [0.4, 0.5) is 5.69 Å². The number of anilines is 1. The van der Waals surface area contributed by atoms with E-state index in [0.29, 0.717) is 12.3 Å². The van der Waals surface area contributed by atoms with Gasteiger partial charge in [0.05, 0.1) is 12.1 Å². The molecule has 2 aromatic rings. The minimum atomic E-state index is -0.949. The van der Waals surface area contributed by atoms with Crippen LogP contribution in [0, 0.1) is 6.92 Å². The molecule has 0 spiro atoms. The van der Waals surface area contributed by atoms with Gasteiger partial charge in [-0.3, -0.25) is 0 Å². The number of carboxylic acids is 1. The van der Waals surface area contributed by atoms with Crippen molar-refractivity contribution in [2.75, 3.05) is 11.4 Å². The maximum absolute atomic E-state index is 10.9. The second-order valence-electron chi connectivity index (χ2n) is 5.26. The summed E-state index contributed by atoms with van der Waals surface area (Å²) in [6, 6.07) is 8.09. The molecule has 0 saturated carbocycles. The van der Waals surface area contributed by atoms with Gasteiger partial charge in [-0.15, -0.1) is 0 Å². The van der Waals surface area contributed by atoms with E-state index in [4.69, 9.17) is 9.52 Å². The Kier molecular flexibility index (Phi) is 3.22. The topological polar surface area (TPSA) is 53.7 Å². The molecule has 4 heteroatoms. The van der Waals surface area contributed by atoms with Crippen LogP contribution in [-0.2, 0) is 13.0 Å². The first-order chi connectivity index (χ1) is 9.63. The lowest BCUT2D eigenvalue weighted by Crippen LogP contribution is -2.28. The van der Waals surface area contributed by atoms with Crippen molar-refractivity contribution in [2.45, 2.75) is 26.3 Å². The minimum absolute atomic E-state index is 0.209. The molecule has 0 unspecified atom stereocenters. The van der Waals surface area contributed by atoms with E-state index in [1.807, 2.05) is 0 Å². The molecule has 3 rings (SSSR count). The lowest BCUT2D eigenvalue weighted by molar-refractivity contribution is 0.0696. The van der Waals surface area contributed by atoms with E-state index in [2.05, 4.69) is 30.0 Å². The van der Waals surface area contributed by atoms with Crippen molar-refractivity contribution >= 4 is 11.7 Å². The Morgan fingerprint density at radius 1 is 1.40 bits per heavy atom. The van der Waals surface area contributed by atoms with Gasteiger partial charge in [0.2, 0.25) is 0 Å². The number of benzene rings is 1. The Hall–Kier alpha value is -2.23. The highest BCUT2D eigenvalue weighted by molar-refractivity contribution is 5.87. The van der Waals surface area contributed by atoms with Crippen molar-refractivity contribution < 1.29 is 14.3 Å². The van der Waals surface area contributed by atoms with Gasteiger partial charge < -0.3 is 14.4 Å². The van der Waals surface area contributed by atoms with Crippen molar-refractivity contribution in [3.63, 3.8) is 0 Å². The molecular formula is C16H17NO3. The molecule has 1 aromatic carbocycles. The van der Waals surface area contributed by atoms with Crippen molar-refractivity contribution in [3.8, 4) is 0 Å². The summed E-state index contributed by atoms with van der Waals surface area (Å²) in [6.45, 7) is 3.69. The SMILES string of the molecule is Cc1ccc2c(c1)CCCN2Cc1cc(C(=O)O)co1. The Balaban J connectivity index is 1.83. The molecular weight excluding hydrogens is 254 g/mol. The van der Waals surface area contributed by atoms with Crippen LogP contribution >= 0.6 is 0 Å². The summed E-state index contributed by atoms with van der Waals surface area (Å²) < 4.78 is 5.34. The molecule has 0 fully saturated rings. The van der Waals surface area contributed by atoms with Crippen LogP contribution in [0.15, 0.2) is 34.9 Å². The molecule has 20 heavy (non-hydrogen) atoms. The molecule has 0 atom stereocenters. The van der Waals surface area contributed by atoms with Crippen LogP contribution in [-0.4, -0.2) is 17.6 Å². The first-order valence-corrected chi connectivity index (χ1v) is 6.78. The van der Waals surface area contributed by atoms with E-state index >= 15 is 0 Å². The fourth-order valence-electron chi connectivity index (χ4n) is 2.73. The van der Waals surface area contributed by atoms with Crippen LogP contribution in [0.3, 0.4) is 0 Å². The predicted molar refractivity (Wildman–Crippen MR) is 76.2 cm³/mol. The van der Waals surface area contributed by atoms with Crippen LogP contribution in [0.2, 0.25) is 0 Å². The molecule has 104 valence electrons. The van der Waals surface area contributed by atoms with Gasteiger partial charge in [-0.1, -0.05) is 17.7 Å². The first kappa shape index (κ1) is 12.8. The van der Waals surface area contributed by atoms with Gasteiger partial charge in [-0.2, -0.15) is 0 Å². The Bertz CT molecular complexity index is 645. The van der Waals surface area contributed by atoms with Gasteiger partial charge in [0.1, 0.15) is 12.0 Å². The molecule has 0 bridgehead atoms. The molecule has 0 aliphatic carbocycles. The first-order valence-electron chi connectivity index (χ1n) is 6.78. The van der Waals surface area contributed by atoms with Crippen molar-refractivity contribution in [1.29, 1.82) is 0 Å². The zero-order chi connectivity index (χ0) is 14.1. The molecule has 4 nitrogen and oxygen atoms in total. The highest BCUT2D eigenvalue weighted by atomic mass is 16.4. The molecule has 1 N–H and O–H groups in total. The van der Waals surface area contributed by atoms with Crippen LogP contribution < -0.4 is 4.90 Å². The number of aryl methyl sites for hydroxylation is 2. The van der Waals surface area contributed by atoms with Gasteiger partial charge in [0, 0.05) is 12.2 Å². The van der Waals surface area contributed by atoms with Gasteiger partial charge in [-0.05, 0) is 37.5 Å². The molecule has 0 amide bonds. The molecule has 0 radical (unpaired) electrons. The Morgan fingerprint density at radius 2 is 2.25 bits per heavy atom. The normalized spacial score (nSPS) is 14.2. The maximum atomic E-state index is 10.9. The smallest absolute Gasteiger partial charge is 0.338 e. The number of carbonyl (C=O) groups is 1. The van der Waals surface area contributed by atoms with Crippen LogP contribution in [0.5, 0.6) is 0 Å². The summed E-state index contributed by atoms with van der Waals surface area (Å²) in [5.41, 5.74) is 4.08. The molecule has 1 aliphatic rings. The highest BCUT2D eigenvalue weighted by Gasteiger charge is 2.18. The molecule has 1 aromatic heterocycles. The molecule has 0 saturated heterocycles. The third-order valence-electron chi connectivity index (χ3n) is 3.70. The number of nitrogens with zero attached hydrogens (tertiary/aromatic N) is 1. The van der Waals surface area contributed by atoms with Crippen LogP contribution in [0.25, 0.3) is 0 Å². The third kappa shape index (κ3) is 2.41. The van der Waals surface area contributed by atoms with Gasteiger partial charge in [-0.25, -0.2) is 4.79 Å². The highest BCUT2D eigenvalue weighted by Crippen LogP contribution is 2.29. The zero-order valence-electron chi connectivity index (χ0n) is 11.4. The van der Waals surface area contributed by atoms with E-state index in [-0.39, 0.29) is 5.56 Å². The number of carboxylic acid groups (broad SMARTS) is 1. The number of rotatable bonds is 3. The van der Waals surface area contributed by atoms with E-state index in [0.717, 1.165) is 19.4 Å². The van der Waals surface area contributed by atoms with E-state index < -0.39 is 5.97 Å². The van der Waals surface area contributed by atoms with Gasteiger partial charge >= 0.3 is 5.97 Å². The quantitative estimate of drug-likeness (QED) is 0.931. The van der Waals surface area contributed by atoms with E-state index in [9.17, 15) is 4.79 Å². The summed E-state index contributed by atoms with van der Waals surface area (Å²) >= 11 is 0. The number of hydrogen-bond donors (Lipinski definition) is 1. The predicted octanol–water partition coefficient (Wildman–Crippen LogP) is 3.24. The second kappa shape index (κ2) is 5.04. The minimum Gasteiger partial charge on any atom is -0.478 e. The van der Waals surface area contributed by atoms with Gasteiger partial charge in [0.15, 0.2) is 0 Å². The lowest BCUT2D eigenvalue weighted by atomic mass is 9.99. The number of aromatic carboxylic acids is 1. The zero-order valence-corrected chi connectivity index (χ0v) is 11.4. The average Bonchev–Trinajstić information content (AvgIpc) is 2.87. The Morgan fingerprint density at radius 3 is 3.00 bits per heavy atom. The molecule has 2 heterocycles. The summed E-state index contributed by atoms with van der Waals surface area (Å²) in [6.07, 6.45) is 3.52. The molecule has 1 aliphatic heterocycles. The standard InChI is InChI=1S/C16H17NO3/c1-11-4-5-15-12(7-11)3-2-6-17(15)9-14-8-13(10-20-14)16(18)19/h4-5,7-8,10H,2-3,6,9H2,1H3,(H,18,19). The fraction of sp³-hybridized carbons (Fsp3) is 0.312. The van der Waals surface area contributed by atoms with Crippen molar-refractivity contribution in [3.05, 3.63) is 53.0 Å². The summed E-state index contributed by atoms with van der Waals surface area (Å²) in [5, 5.41) is 8.92. The monoisotopic (exact) mass is 271 g/mol. The number of hydrogen-bond acceptors (Lipinski definition) is 3. The number of furan rings is 1. The maximum Gasteiger partial charge on any atom is 0.338 e.